The first-order chi connectivity index (χ1) is 9.53. The molecular formula is C13H14F2N4O. The normalized spacial score (nSPS) is 19.1. The topological polar surface area (TPSA) is 70.7 Å². The fourth-order valence-corrected chi connectivity index (χ4v) is 2.39. The first-order valence-corrected chi connectivity index (χ1v) is 6.52. The van der Waals surface area contributed by atoms with Crippen LogP contribution in [0.25, 0.3) is 11.2 Å². The second-order valence-electron chi connectivity index (χ2n) is 5.07. The summed E-state index contributed by atoms with van der Waals surface area (Å²) >= 11 is 0. The number of fused-ring (bicyclic) bond motifs is 1. The Labute approximate surface area is 113 Å². The summed E-state index contributed by atoms with van der Waals surface area (Å²) in [6.45, 7) is 0. The van der Waals surface area contributed by atoms with Crippen LogP contribution < -0.4 is 5.32 Å². The molecule has 0 saturated heterocycles. The van der Waals surface area contributed by atoms with Crippen LogP contribution in [-0.4, -0.2) is 32.8 Å². The molecule has 1 saturated carbocycles. The Bertz CT molecular complexity index is 630. The molecule has 1 aliphatic carbocycles. The number of rotatable bonds is 2. The third kappa shape index (κ3) is 2.61. The highest BCUT2D eigenvalue weighted by Crippen LogP contribution is 2.33. The molecule has 2 aromatic rings. The van der Waals surface area contributed by atoms with Gasteiger partial charge in [0.1, 0.15) is 5.69 Å². The highest BCUT2D eigenvalue weighted by Gasteiger charge is 2.35. The number of nitrogens with one attached hydrogen (secondary N) is 2. The Morgan fingerprint density at radius 3 is 2.85 bits per heavy atom. The van der Waals surface area contributed by atoms with Crippen LogP contribution in [0, 0.1) is 0 Å². The van der Waals surface area contributed by atoms with Gasteiger partial charge in [0.05, 0.1) is 11.8 Å². The van der Waals surface area contributed by atoms with Crippen LogP contribution in [0.5, 0.6) is 0 Å². The molecule has 2 heterocycles. The summed E-state index contributed by atoms with van der Waals surface area (Å²) in [5.74, 6) is -2.93. The zero-order chi connectivity index (χ0) is 14.2. The van der Waals surface area contributed by atoms with E-state index in [2.05, 4.69) is 20.3 Å². The fraction of sp³-hybridized carbons (Fsp3) is 0.462. The van der Waals surface area contributed by atoms with Gasteiger partial charge in [-0.15, -0.1) is 0 Å². The second-order valence-corrected chi connectivity index (χ2v) is 5.07. The Morgan fingerprint density at radius 2 is 2.10 bits per heavy atom. The molecule has 20 heavy (non-hydrogen) atoms. The average molecular weight is 280 g/mol. The molecule has 0 aliphatic heterocycles. The van der Waals surface area contributed by atoms with E-state index in [4.69, 9.17) is 0 Å². The van der Waals surface area contributed by atoms with Crippen molar-refractivity contribution in [1.82, 2.24) is 20.3 Å². The van der Waals surface area contributed by atoms with Crippen LogP contribution in [0.4, 0.5) is 8.78 Å². The average Bonchev–Trinajstić information content (AvgIpc) is 2.88. The van der Waals surface area contributed by atoms with Crippen LogP contribution in [0.3, 0.4) is 0 Å². The summed E-state index contributed by atoms with van der Waals surface area (Å²) in [5.41, 5.74) is 1.47. The summed E-state index contributed by atoms with van der Waals surface area (Å²) in [6.07, 6.45) is 1.74. The minimum atomic E-state index is -2.59. The van der Waals surface area contributed by atoms with Gasteiger partial charge in [-0.3, -0.25) is 4.79 Å². The monoisotopic (exact) mass is 280 g/mol. The summed E-state index contributed by atoms with van der Waals surface area (Å²) in [7, 11) is 0. The second kappa shape index (κ2) is 4.81. The highest BCUT2D eigenvalue weighted by molar-refractivity contribution is 5.94. The molecule has 1 aliphatic rings. The predicted octanol–water partition coefficient (Wildman–Crippen LogP) is 2.27. The number of hydrogen-bond donors (Lipinski definition) is 2. The zero-order valence-electron chi connectivity index (χ0n) is 10.7. The number of carbonyl (C=O) groups excluding carboxylic acids is 1. The number of alkyl halides is 2. The third-order valence-electron chi connectivity index (χ3n) is 3.57. The molecule has 0 aromatic carbocycles. The minimum Gasteiger partial charge on any atom is -0.348 e. The lowest BCUT2D eigenvalue weighted by atomic mass is 9.92. The predicted molar refractivity (Wildman–Crippen MR) is 68.6 cm³/mol. The highest BCUT2D eigenvalue weighted by atomic mass is 19.3. The van der Waals surface area contributed by atoms with E-state index in [1.165, 1.54) is 6.33 Å². The van der Waals surface area contributed by atoms with Crippen molar-refractivity contribution in [2.24, 2.45) is 0 Å². The molecule has 1 fully saturated rings. The molecule has 0 unspecified atom stereocenters. The number of imidazole rings is 1. The number of aromatic nitrogens is 3. The third-order valence-corrected chi connectivity index (χ3v) is 3.57. The van der Waals surface area contributed by atoms with E-state index in [1.54, 1.807) is 12.1 Å². The van der Waals surface area contributed by atoms with Crippen molar-refractivity contribution in [3.63, 3.8) is 0 Å². The molecule has 0 spiro atoms. The summed E-state index contributed by atoms with van der Waals surface area (Å²) in [4.78, 5) is 23.0. The lowest BCUT2D eigenvalue weighted by Crippen LogP contribution is -2.40. The largest absolute Gasteiger partial charge is 0.348 e. The standard InChI is InChI=1S/C13H14F2N4O/c14-13(15)5-3-8(4-6-13)18-12(20)10-2-1-9-11(19-10)17-7-16-9/h1-2,7-8H,3-6H2,(H,18,20)(H,16,17,19). The van der Waals surface area contributed by atoms with E-state index in [9.17, 15) is 13.6 Å². The lowest BCUT2D eigenvalue weighted by Gasteiger charge is -2.28. The van der Waals surface area contributed by atoms with Crippen LogP contribution in [0.1, 0.15) is 36.2 Å². The number of halogens is 2. The molecule has 2 aromatic heterocycles. The fourth-order valence-electron chi connectivity index (χ4n) is 2.39. The van der Waals surface area contributed by atoms with Gasteiger partial charge in [-0.1, -0.05) is 0 Å². The molecule has 0 atom stereocenters. The maximum Gasteiger partial charge on any atom is 0.270 e. The number of hydrogen-bond acceptors (Lipinski definition) is 3. The van der Waals surface area contributed by atoms with Crippen molar-refractivity contribution in [2.45, 2.75) is 37.6 Å². The SMILES string of the molecule is O=C(NC1CCC(F)(F)CC1)c1ccc2[nH]cnc2n1. The number of pyridine rings is 1. The van der Waals surface area contributed by atoms with Gasteiger partial charge in [-0.2, -0.15) is 0 Å². The number of H-pyrrole nitrogens is 1. The van der Waals surface area contributed by atoms with Gasteiger partial charge in [-0.25, -0.2) is 18.7 Å². The van der Waals surface area contributed by atoms with Crippen molar-refractivity contribution in [3.8, 4) is 0 Å². The van der Waals surface area contributed by atoms with E-state index in [-0.39, 0.29) is 30.5 Å². The van der Waals surface area contributed by atoms with Crippen molar-refractivity contribution >= 4 is 17.1 Å². The van der Waals surface area contributed by atoms with Crippen molar-refractivity contribution in [3.05, 3.63) is 24.2 Å². The van der Waals surface area contributed by atoms with Gasteiger partial charge in [0.2, 0.25) is 5.92 Å². The van der Waals surface area contributed by atoms with Gasteiger partial charge in [0.25, 0.3) is 5.91 Å². The Hall–Kier alpha value is -2.05. The van der Waals surface area contributed by atoms with Gasteiger partial charge in [0, 0.05) is 18.9 Å². The molecular weight excluding hydrogens is 266 g/mol. The van der Waals surface area contributed by atoms with Crippen LogP contribution in [0.15, 0.2) is 18.5 Å². The zero-order valence-corrected chi connectivity index (χ0v) is 10.7. The first kappa shape index (κ1) is 13.0. The summed E-state index contributed by atoms with van der Waals surface area (Å²) < 4.78 is 26.1. The lowest BCUT2D eigenvalue weighted by molar-refractivity contribution is -0.0399. The van der Waals surface area contributed by atoms with Crippen molar-refractivity contribution in [2.75, 3.05) is 0 Å². The van der Waals surface area contributed by atoms with E-state index < -0.39 is 5.92 Å². The van der Waals surface area contributed by atoms with E-state index in [0.29, 0.717) is 18.5 Å². The summed E-state index contributed by atoms with van der Waals surface area (Å²) in [5, 5.41) is 2.76. The molecule has 5 nitrogen and oxygen atoms in total. The number of nitrogens with zero attached hydrogens (tertiary/aromatic N) is 2. The Morgan fingerprint density at radius 1 is 1.35 bits per heavy atom. The first-order valence-electron chi connectivity index (χ1n) is 6.52. The van der Waals surface area contributed by atoms with Crippen LogP contribution in [-0.2, 0) is 0 Å². The van der Waals surface area contributed by atoms with E-state index in [1.807, 2.05) is 0 Å². The maximum absolute atomic E-state index is 13.0. The Kier molecular flexibility index (Phi) is 3.11. The molecule has 7 heteroatoms. The van der Waals surface area contributed by atoms with Gasteiger partial charge in [-0.05, 0) is 25.0 Å². The Balaban J connectivity index is 1.67. The maximum atomic E-state index is 13.0. The van der Waals surface area contributed by atoms with Gasteiger partial charge >= 0.3 is 0 Å². The molecule has 1 amide bonds. The van der Waals surface area contributed by atoms with E-state index in [0.717, 1.165) is 5.52 Å². The van der Waals surface area contributed by atoms with Gasteiger partial charge < -0.3 is 10.3 Å². The van der Waals surface area contributed by atoms with Crippen molar-refractivity contribution in [1.29, 1.82) is 0 Å². The molecule has 2 N–H and O–H groups in total. The molecule has 0 radical (unpaired) electrons. The van der Waals surface area contributed by atoms with Crippen LogP contribution >= 0.6 is 0 Å². The van der Waals surface area contributed by atoms with E-state index >= 15 is 0 Å². The number of amides is 1. The van der Waals surface area contributed by atoms with Gasteiger partial charge in [0.15, 0.2) is 5.65 Å². The summed E-state index contributed by atoms with van der Waals surface area (Å²) in [6, 6.07) is 3.10. The number of aromatic amines is 1. The molecule has 106 valence electrons. The smallest absolute Gasteiger partial charge is 0.270 e. The number of carbonyl (C=O) groups is 1. The van der Waals surface area contributed by atoms with Crippen molar-refractivity contribution < 1.29 is 13.6 Å². The van der Waals surface area contributed by atoms with Crippen LogP contribution in [0.2, 0.25) is 0 Å². The molecule has 0 bridgehead atoms. The minimum absolute atomic E-state index is 0.177. The molecule has 3 rings (SSSR count). The quantitative estimate of drug-likeness (QED) is 0.886.